The topological polar surface area (TPSA) is 41.1 Å². The van der Waals surface area contributed by atoms with Gasteiger partial charge in [-0.05, 0) is 121 Å². The van der Waals surface area contributed by atoms with E-state index >= 15 is 0 Å². The molecule has 1 aromatic rings. The lowest BCUT2D eigenvalue weighted by Gasteiger charge is -2.57. The predicted octanol–water partition coefficient (Wildman–Crippen LogP) is 7.09. The molecule has 4 bridgehead atoms. The largest absolute Gasteiger partial charge is 0.338 e. The van der Waals surface area contributed by atoms with E-state index in [9.17, 15) is 4.79 Å². The molecule has 6 aliphatic rings. The van der Waals surface area contributed by atoms with Crippen molar-refractivity contribution >= 4 is 6.03 Å². The number of nitrogens with one attached hydrogen (secondary N) is 2. The van der Waals surface area contributed by atoms with Crippen LogP contribution in [0.4, 0.5) is 4.79 Å². The molecule has 0 heterocycles. The Morgan fingerprint density at radius 1 is 1.03 bits per heavy atom. The second kappa shape index (κ2) is 8.00. The molecule has 0 unspecified atom stereocenters. The smallest absolute Gasteiger partial charge is 0.315 e. The Balaban J connectivity index is 1.15. The molecule has 3 nitrogen and oxygen atoms in total. The maximum Gasteiger partial charge on any atom is 0.315 e. The summed E-state index contributed by atoms with van der Waals surface area (Å²) < 4.78 is 0. The molecule has 6 aliphatic carbocycles. The Morgan fingerprint density at radius 3 is 2.35 bits per heavy atom. The monoisotopic (exact) mass is 462 g/mol. The van der Waals surface area contributed by atoms with E-state index in [4.69, 9.17) is 0 Å². The summed E-state index contributed by atoms with van der Waals surface area (Å²) in [4.78, 5) is 13.2. The highest BCUT2D eigenvalue weighted by atomic mass is 16.2. The molecule has 0 aliphatic heterocycles. The summed E-state index contributed by atoms with van der Waals surface area (Å²) in [5.41, 5.74) is 5.15. The molecule has 2 amide bonds. The fourth-order valence-electron chi connectivity index (χ4n) is 10.0. The van der Waals surface area contributed by atoms with Gasteiger partial charge in [0.2, 0.25) is 0 Å². The first-order chi connectivity index (χ1) is 16.2. The van der Waals surface area contributed by atoms with Crippen LogP contribution in [0.1, 0.15) is 115 Å². The van der Waals surface area contributed by atoms with Crippen LogP contribution >= 0.6 is 0 Å². The summed E-state index contributed by atoms with van der Waals surface area (Å²) in [6, 6.07) is 7.42. The lowest BCUT2D eigenvalue weighted by molar-refractivity contribution is -0.0143. The fraction of sp³-hybridized carbons (Fsp3) is 0.774. The first-order valence-corrected chi connectivity index (χ1v) is 14.4. The highest BCUT2D eigenvalue weighted by Crippen LogP contribution is 2.58. The maximum atomic E-state index is 13.2. The average molecular weight is 463 g/mol. The lowest BCUT2D eigenvalue weighted by Crippen LogP contribution is -2.62. The van der Waals surface area contributed by atoms with Crippen molar-refractivity contribution in [3.63, 3.8) is 0 Å². The summed E-state index contributed by atoms with van der Waals surface area (Å²) in [5, 5.41) is 6.96. The van der Waals surface area contributed by atoms with E-state index in [1.807, 2.05) is 0 Å². The Labute approximate surface area is 207 Å². The molecular formula is C31H46N2O. The second-order valence-electron chi connectivity index (χ2n) is 14.1. The Hall–Kier alpha value is -1.51. The molecule has 3 atom stereocenters. The number of aryl methyl sites for hydroxylation is 1. The van der Waals surface area contributed by atoms with Crippen LogP contribution in [0.15, 0.2) is 18.2 Å². The van der Waals surface area contributed by atoms with Gasteiger partial charge in [-0.25, -0.2) is 4.79 Å². The van der Waals surface area contributed by atoms with Crippen molar-refractivity contribution in [1.82, 2.24) is 10.6 Å². The Bertz CT molecular complexity index is 931. The summed E-state index contributed by atoms with van der Waals surface area (Å²) in [5.74, 6) is 3.81. The molecule has 34 heavy (non-hydrogen) atoms. The van der Waals surface area contributed by atoms with Crippen LogP contribution in [0.25, 0.3) is 0 Å². The van der Waals surface area contributed by atoms with Crippen molar-refractivity contribution in [2.24, 2.45) is 29.1 Å². The number of fused-ring (bicyclic) bond motifs is 3. The minimum atomic E-state index is 0.0960. The zero-order valence-corrected chi connectivity index (χ0v) is 22.0. The van der Waals surface area contributed by atoms with Crippen LogP contribution < -0.4 is 10.6 Å². The van der Waals surface area contributed by atoms with E-state index in [2.05, 4.69) is 56.5 Å². The van der Waals surface area contributed by atoms with Crippen molar-refractivity contribution in [3.05, 3.63) is 34.9 Å². The van der Waals surface area contributed by atoms with E-state index in [1.165, 1.54) is 76.2 Å². The Kier molecular flexibility index (Phi) is 5.39. The molecule has 0 saturated heterocycles. The molecular weight excluding hydrogens is 416 g/mol. The van der Waals surface area contributed by atoms with Crippen LogP contribution in [-0.2, 0) is 11.8 Å². The van der Waals surface area contributed by atoms with Crippen LogP contribution in [0.5, 0.6) is 0 Å². The van der Waals surface area contributed by atoms with Gasteiger partial charge in [0.05, 0.1) is 0 Å². The molecule has 7 rings (SSSR count). The zero-order valence-electron chi connectivity index (χ0n) is 22.0. The number of carbonyl (C=O) groups excluding carboxylic acids is 1. The predicted molar refractivity (Wildman–Crippen MR) is 139 cm³/mol. The van der Waals surface area contributed by atoms with Gasteiger partial charge in [-0.2, -0.15) is 0 Å². The molecule has 1 aromatic carbocycles. The van der Waals surface area contributed by atoms with Gasteiger partial charge in [-0.1, -0.05) is 52.3 Å². The summed E-state index contributed by atoms with van der Waals surface area (Å²) in [6.07, 6.45) is 14.1. The molecule has 0 radical (unpaired) electrons. The van der Waals surface area contributed by atoms with Gasteiger partial charge in [0.15, 0.2) is 0 Å². The van der Waals surface area contributed by atoms with E-state index in [1.54, 1.807) is 11.1 Å². The SMILES string of the molecule is CC(C)c1ccc2c(c1)CC[C@H]1[C@](C)(CNC(=O)NC34CC5CC(CC(C5)C3)C4)CCC[C@]21C. The first-order valence-electron chi connectivity index (χ1n) is 14.4. The highest BCUT2D eigenvalue weighted by Gasteiger charge is 2.53. The number of amides is 2. The van der Waals surface area contributed by atoms with Crippen LogP contribution in [0.3, 0.4) is 0 Å². The quantitative estimate of drug-likeness (QED) is 0.493. The third-order valence-electron chi connectivity index (χ3n) is 11.2. The standard InChI is InChI=1S/C31H46N2O/c1-20(2)24-6-8-26-25(15-24)7-9-27-29(3,10-5-11-30(26,27)4)19-32-28(34)33-31-16-21-12-22(17-31)14-23(13-21)18-31/h6,8,15,20-23,27H,5,7,9-14,16-19H2,1-4H3,(H2,32,33,34)/t21?,22?,23?,27-,29-,30+,31?/m0/s1. The van der Waals surface area contributed by atoms with Gasteiger partial charge in [-0.15, -0.1) is 0 Å². The minimum absolute atomic E-state index is 0.0960. The Morgan fingerprint density at radius 2 is 1.71 bits per heavy atom. The molecule has 3 heteroatoms. The maximum absolute atomic E-state index is 13.2. The van der Waals surface area contributed by atoms with Crippen LogP contribution in [0, 0.1) is 29.1 Å². The zero-order chi connectivity index (χ0) is 23.7. The summed E-state index contributed by atoms with van der Waals surface area (Å²) >= 11 is 0. The third-order valence-corrected chi connectivity index (χ3v) is 11.2. The summed E-state index contributed by atoms with van der Waals surface area (Å²) in [7, 11) is 0. The lowest BCUT2D eigenvalue weighted by atomic mass is 9.49. The second-order valence-corrected chi connectivity index (χ2v) is 14.1. The number of hydrogen-bond donors (Lipinski definition) is 2. The normalized spacial score (nSPS) is 42.3. The van der Waals surface area contributed by atoms with Crippen molar-refractivity contribution in [1.29, 1.82) is 0 Å². The van der Waals surface area contributed by atoms with E-state index in [0.717, 1.165) is 24.3 Å². The third kappa shape index (κ3) is 3.71. The van der Waals surface area contributed by atoms with Crippen LogP contribution in [-0.4, -0.2) is 18.1 Å². The van der Waals surface area contributed by atoms with Gasteiger partial charge in [0.1, 0.15) is 0 Å². The molecule has 0 aromatic heterocycles. The van der Waals surface area contributed by atoms with Crippen molar-refractivity contribution in [2.45, 2.75) is 115 Å². The average Bonchev–Trinajstić information content (AvgIpc) is 2.76. The number of carbonyl (C=O) groups is 1. The molecule has 186 valence electrons. The number of rotatable bonds is 4. The van der Waals surface area contributed by atoms with E-state index in [0.29, 0.717) is 11.8 Å². The molecule has 5 saturated carbocycles. The molecule has 2 N–H and O–H groups in total. The summed E-state index contributed by atoms with van der Waals surface area (Å²) in [6.45, 7) is 10.4. The van der Waals surface area contributed by atoms with Gasteiger partial charge >= 0.3 is 6.03 Å². The fourth-order valence-corrected chi connectivity index (χ4v) is 10.0. The highest BCUT2D eigenvalue weighted by molar-refractivity contribution is 5.75. The van der Waals surface area contributed by atoms with E-state index in [-0.39, 0.29) is 22.4 Å². The minimum Gasteiger partial charge on any atom is -0.338 e. The number of urea groups is 1. The van der Waals surface area contributed by atoms with Gasteiger partial charge in [0, 0.05) is 12.1 Å². The first kappa shape index (κ1) is 22.9. The van der Waals surface area contributed by atoms with Crippen molar-refractivity contribution in [2.75, 3.05) is 6.54 Å². The number of hydrogen-bond acceptors (Lipinski definition) is 1. The van der Waals surface area contributed by atoms with Gasteiger partial charge in [0.25, 0.3) is 0 Å². The molecule has 5 fully saturated rings. The molecule has 0 spiro atoms. The van der Waals surface area contributed by atoms with E-state index < -0.39 is 0 Å². The van der Waals surface area contributed by atoms with Crippen molar-refractivity contribution in [3.8, 4) is 0 Å². The van der Waals surface area contributed by atoms with Gasteiger partial charge < -0.3 is 10.6 Å². The van der Waals surface area contributed by atoms with Crippen molar-refractivity contribution < 1.29 is 4.79 Å². The van der Waals surface area contributed by atoms with Crippen LogP contribution in [0.2, 0.25) is 0 Å². The van der Waals surface area contributed by atoms with Gasteiger partial charge in [-0.3, -0.25) is 0 Å². The number of benzene rings is 1.